The van der Waals surface area contributed by atoms with Gasteiger partial charge in [0.2, 0.25) is 0 Å². The van der Waals surface area contributed by atoms with Crippen molar-refractivity contribution >= 4 is 45.0 Å². The number of benzene rings is 2. The highest BCUT2D eigenvalue weighted by Gasteiger charge is 2.11. The SMILES string of the molecule is C=CCn1c(=NC(=O)c2ccc(C(=O)OC)cc2)sc2cc(Cl)ccc21. The number of hydrogen-bond donors (Lipinski definition) is 0. The number of carbonyl (C=O) groups is 2. The van der Waals surface area contributed by atoms with Crippen LogP contribution in [0.5, 0.6) is 0 Å². The van der Waals surface area contributed by atoms with Crippen molar-refractivity contribution in [2.45, 2.75) is 6.54 Å². The molecule has 1 heterocycles. The summed E-state index contributed by atoms with van der Waals surface area (Å²) in [5.41, 5.74) is 1.70. The van der Waals surface area contributed by atoms with E-state index in [-0.39, 0.29) is 0 Å². The van der Waals surface area contributed by atoms with Crippen LogP contribution in [0.4, 0.5) is 0 Å². The summed E-state index contributed by atoms with van der Waals surface area (Å²) in [5.74, 6) is -0.844. The van der Waals surface area contributed by atoms with Crippen LogP contribution in [0, 0.1) is 0 Å². The predicted molar refractivity (Wildman–Crippen MR) is 103 cm³/mol. The summed E-state index contributed by atoms with van der Waals surface area (Å²) in [6, 6.07) is 11.7. The summed E-state index contributed by atoms with van der Waals surface area (Å²) < 4.78 is 7.49. The van der Waals surface area contributed by atoms with Crippen LogP contribution in [0.25, 0.3) is 10.2 Å². The van der Waals surface area contributed by atoms with Gasteiger partial charge < -0.3 is 9.30 Å². The zero-order valence-electron chi connectivity index (χ0n) is 13.9. The van der Waals surface area contributed by atoms with Crippen LogP contribution in [0.3, 0.4) is 0 Å². The van der Waals surface area contributed by atoms with E-state index in [1.807, 2.05) is 16.7 Å². The Bertz CT molecular complexity index is 1060. The minimum absolute atomic E-state index is 0.377. The van der Waals surface area contributed by atoms with Gasteiger partial charge in [-0.3, -0.25) is 4.79 Å². The second-order valence-corrected chi connectivity index (χ2v) is 6.83. The van der Waals surface area contributed by atoms with Gasteiger partial charge in [0, 0.05) is 17.1 Å². The molecule has 0 bridgehead atoms. The van der Waals surface area contributed by atoms with E-state index in [2.05, 4.69) is 16.3 Å². The van der Waals surface area contributed by atoms with E-state index in [0.29, 0.717) is 27.5 Å². The van der Waals surface area contributed by atoms with Crippen molar-refractivity contribution in [2.75, 3.05) is 7.11 Å². The lowest BCUT2D eigenvalue weighted by Gasteiger charge is -2.01. The Morgan fingerprint density at radius 2 is 1.92 bits per heavy atom. The first-order chi connectivity index (χ1) is 12.5. The van der Waals surface area contributed by atoms with Crippen molar-refractivity contribution < 1.29 is 14.3 Å². The fourth-order valence-electron chi connectivity index (χ4n) is 2.46. The molecule has 0 aliphatic rings. The lowest BCUT2D eigenvalue weighted by atomic mass is 10.1. The molecule has 0 atom stereocenters. The Kier molecular flexibility index (Phi) is 5.35. The molecule has 5 nitrogen and oxygen atoms in total. The molecule has 3 rings (SSSR count). The van der Waals surface area contributed by atoms with Gasteiger partial charge in [-0.15, -0.1) is 6.58 Å². The molecule has 0 aliphatic carbocycles. The van der Waals surface area contributed by atoms with Crippen LogP contribution in [-0.2, 0) is 11.3 Å². The number of hydrogen-bond acceptors (Lipinski definition) is 4. The predicted octanol–water partition coefficient (Wildman–Crippen LogP) is 4.07. The Balaban J connectivity index is 2.03. The van der Waals surface area contributed by atoms with Gasteiger partial charge in [-0.05, 0) is 42.5 Å². The summed E-state index contributed by atoms with van der Waals surface area (Å²) in [4.78, 5) is 28.8. The largest absolute Gasteiger partial charge is 0.465 e. The van der Waals surface area contributed by atoms with Gasteiger partial charge in [-0.25, -0.2) is 4.79 Å². The number of amides is 1. The highest BCUT2D eigenvalue weighted by molar-refractivity contribution is 7.16. The highest BCUT2D eigenvalue weighted by Crippen LogP contribution is 2.22. The number of ether oxygens (including phenoxy) is 1. The molecule has 0 N–H and O–H groups in total. The number of thiazole rings is 1. The zero-order valence-corrected chi connectivity index (χ0v) is 15.5. The summed E-state index contributed by atoms with van der Waals surface area (Å²) in [7, 11) is 1.31. The monoisotopic (exact) mass is 386 g/mol. The molecule has 26 heavy (non-hydrogen) atoms. The number of halogens is 1. The van der Waals surface area contributed by atoms with Crippen LogP contribution >= 0.6 is 22.9 Å². The van der Waals surface area contributed by atoms with E-state index >= 15 is 0 Å². The van der Waals surface area contributed by atoms with Crippen LogP contribution < -0.4 is 4.80 Å². The van der Waals surface area contributed by atoms with Gasteiger partial charge in [0.15, 0.2) is 4.80 Å². The maximum atomic E-state index is 12.5. The fraction of sp³-hybridized carbons (Fsp3) is 0.105. The molecule has 132 valence electrons. The average Bonchev–Trinajstić information content (AvgIpc) is 2.97. The lowest BCUT2D eigenvalue weighted by Crippen LogP contribution is -2.16. The first kappa shape index (κ1) is 18.1. The Hall–Kier alpha value is -2.70. The zero-order chi connectivity index (χ0) is 18.7. The number of esters is 1. The van der Waals surface area contributed by atoms with E-state index in [1.165, 1.54) is 30.6 Å². The van der Waals surface area contributed by atoms with E-state index in [0.717, 1.165) is 10.2 Å². The lowest BCUT2D eigenvalue weighted by molar-refractivity contribution is 0.0600. The molecule has 2 aromatic carbocycles. The van der Waals surface area contributed by atoms with E-state index in [4.69, 9.17) is 11.6 Å². The van der Waals surface area contributed by atoms with Gasteiger partial charge in [0.25, 0.3) is 5.91 Å². The molecule has 7 heteroatoms. The van der Waals surface area contributed by atoms with Crippen LogP contribution in [0.15, 0.2) is 60.1 Å². The third-order valence-corrected chi connectivity index (χ3v) is 4.98. The average molecular weight is 387 g/mol. The molecule has 1 aromatic heterocycles. The molecule has 3 aromatic rings. The molecule has 0 fully saturated rings. The number of fused-ring (bicyclic) bond motifs is 1. The Labute approximate surface area is 158 Å². The molecule has 0 unspecified atom stereocenters. The molecular formula is C19H15ClN2O3S. The fourth-order valence-corrected chi connectivity index (χ4v) is 3.77. The summed E-state index contributed by atoms with van der Waals surface area (Å²) in [6.45, 7) is 4.28. The van der Waals surface area contributed by atoms with Crippen LogP contribution in [0.2, 0.25) is 5.02 Å². The number of allylic oxidation sites excluding steroid dienone is 1. The standard InChI is InChI=1S/C19H15ClN2O3S/c1-3-10-22-15-9-8-14(20)11-16(15)26-19(22)21-17(23)12-4-6-13(7-5-12)18(24)25-2/h3-9,11H,1,10H2,2H3. The maximum Gasteiger partial charge on any atom is 0.337 e. The van der Waals surface area contributed by atoms with E-state index in [1.54, 1.807) is 24.3 Å². The van der Waals surface area contributed by atoms with Crippen molar-refractivity contribution in [3.8, 4) is 0 Å². The third-order valence-electron chi connectivity index (χ3n) is 3.71. The van der Waals surface area contributed by atoms with E-state index < -0.39 is 11.9 Å². The number of carbonyl (C=O) groups excluding carboxylic acids is 2. The van der Waals surface area contributed by atoms with Crippen molar-refractivity contribution in [2.24, 2.45) is 4.99 Å². The van der Waals surface area contributed by atoms with Crippen LogP contribution in [0.1, 0.15) is 20.7 Å². The minimum atomic E-state index is -0.453. The van der Waals surface area contributed by atoms with Gasteiger partial charge in [-0.1, -0.05) is 29.0 Å². The van der Waals surface area contributed by atoms with Crippen molar-refractivity contribution in [1.82, 2.24) is 4.57 Å². The van der Waals surface area contributed by atoms with Gasteiger partial charge in [0.1, 0.15) is 0 Å². The van der Waals surface area contributed by atoms with Crippen molar-refractivity contribution in [1.29, 1.82) is 0 Å². The van der Waals surface area contributed by atoms with Crippen molar-refractivity contribution in [3.05, 3.63) is 76.1 Å². The summed E-state index contributed by atoms with van der Waals surface area (Å²) in [5, 5.41) is 0.626. The maximum absolute atomic E-state index is 12.5. The Morgan fingerprint density at radius 3 is 2.58 bits per heavy atom. The summed E-state index contributed by atoms with van der Waals surface area (Å²) in [6.07, 6.45) is 1.75. The topological polar surface area (TPSA) is 60.7 Å². The number of nitrogens with zero attached hydrogens (tertiary/aromatic N) is 2. The Morgan fingerprint density at radius 1 is 1.23 bits per heavy atom. The molecule has 0 spiro atoms. The normalized spacial score (nSPS) is 11.5. The van der Waals surface area contributed by atoms with Gasteiger partial charge >= 0.3 is 5.97 Å². The summed E-state index contributed by atoms with van der Waals surface area (Å²) >= 11 is 7.44. The van der Waals surface area contributed by atoms with Gasteiger partial charge in [0.05, 0.1) is 22.9 Å². The number of aromatic nitrogens is 1. The highest BCUT2D eigenvalue weighted by atomic mass is 35.5. The quantitative estimate of drug-likeness (QED) is 0.501. The molecular weight excluding hydrogens is 372 g/mol. The first-order valence-corrected chi connectivity index (χ1v) is 8.90. The second kappa shape index (κ2) is 7.68. The number of rotatable bonds is 4. The smallest absolute Gasteiger partial charge is 0.337 e. The van der Waals surface area contributed by atoms with E-state index in [9.17, 15) is 9.59 Å². The second-order valence-electron chi connectivity index (χ2n) is 5.38. The third kappa shape index (κ3) is 3.61. The van der Waals surface area contributed by atoms with Crippen molar-refractivity contribution in [3.63, 3.8) is 0 Å². The van der Waals surface area contributed by atoms with Crippen LogP contribution in [-0.4, -0.2) is 23.6 Å². The molecule has 0 saturated carbocycles. The molecule has 0 radical (unpaired) electrons. The molecule has 1 amide bonds. The molecule has 0 aliphatic heterocycles. The minimum Gasteiger partial charge on any atom is -0.465 e. The number of methoxy groups -OCH3 is 1. The molecule has 0 saturated heterocycles. The first-order valence-electron chi connectivity index (χ1n) is 7.70. The van der Waals surface area contributed by atoms with Gasteiger partial charge in [-0.2, -0.15) is 4.99 Å².